The Morgan fingerprint density at radius 3 is 2.50 bits per heavy atom. The fraction of sp³-hybridized carbons (Fsp3) is 0.588. The van der Waals surface area contributed by atoms with E-state index in [0.29, 0.717) is 13.1 Å². The average Bonchev–Trinajstić information content (AvgIpc) is 2.58. The molecule has 1 amide bonds. The highest BCUT2D eigenvalue weighted by molar-refractivity contribution is 5.85. The van der Waals surface area contributed by atoms with Crippen molar-refractivity contribution in [2.24, 2.45) is 11.7 Å². The van der Waals surface area contributed by atoms with Crippen molar-refractivity contribution in [2.75, 3.05) is 26.3 Å². The Labute approximate surface area is 157 Å². The molecule has 5 nitrogen and oxygen atoms in total. The maximum absolute atomic E-state index is 12.3. The van der Waals surface area contributed by atoms with Crippen LogP contribution in [0.2, 0.25) is 0 Å². The first kappa shape index (κ1) is 22.4. The van der Waals surface area contributed by atoms with Gasteiger partial charge in [-0.25, -0.2) is 0 Å². The summed E-state index contributed by atoms with van der Waals surface area (Å²) in [4.78, 5) is 14.0. The van der Waals surface area contributed by atoms with Crippen LogP contribution in [-0.2, 0) is 4.79 Å². The van der Waals surface area contributed by atoms with Crippen LogP contribution in [0.4, 0.5) is 13.2 Å². The minimum absolute atomic E-state index is 0. The standard InChI is InChI=1S/C17H23F3N2O3.ClH/c1-12(21)13-5-4-8-22(9-13)16(23)10-24-14-6-2-3-7-15(14)25-11-17(18,19)20;/h2-3,6-7,12-13H,4-5,8-11,21H2,1H3;1H. The lowest BCUT2D eigenvalue weighted by atomic mass is 9.92. The van der Waals surface area contributed by atoms with Crippen LogP contribution in [0.1, 0.15) is 19.8 Å². The molecule has 1 aromatic carbocycles. The molecule has 1 aromatic rings. The molecule has 26 heavy (non-hydrogen) atoms. The topological polar surface area (TPSA) is 64.8 Å². The quantitative estimate of drug-likeness (QED) is 0.802. The van der Waals surface area contributed by atoms with Crippen LogP contribution in [0.15, 0.2) is 24.3 Å². The third kappa shape index (κ3) is 6.92. The SMILES string of the molecule is CC(N)C1CCCN(C(=O)COc2ccccc2OCC(F)(F)F)C1.Cl. The van der Waals surface area contributed by atoms with Crippen molar-refractivity contribution in [3.8, 4) is 11.5 Å². The summed E-state index contributed by atoms with van der Waals surface area (Å²) in [5, 5.41) is 0. The van der Waals surface area contributed by atoms with Gasteiger partial charge in [-0.05, 0) is 37.8 Å². The van der Waals surface area contributed by atoms with E-state index in [9.17, 15) is 18.0 Å². The molecular weight excluding hydrogens is 373 g/mol. The number of benzene rings is 1. The van der Waals surface area contributed by atoms with Crippen LogP contribution in [0.25, 0.3) is 0 Å². The van der Waals surface area contributed by atoms with E-state index in [1.807, 2.05) is 6.92 Å². The number of ether oxygens (including phenoxy) is 2. The predicted molar refractivity (Wildman–Crippen MR) is 93.7 cm³/mol. The van der Waals surface area contributed by atoms with Gasteiger partial charge in [0.25, 0.3) is 5.91 Å². The Morgan fingerprint density at radius 2 is 1.92 bits per heavy atom. The number of carbonyl (C=O) groups is 1. The molecule has 0 aromatic heterocycles. The van der Waals surface area contributed by atoms with E-state index in [-0.39, 0.29) is 48.4 Å². The van der Waals surface area contributed by atoms with Crippen LogP contribution in [0, 0.1) is 5.92 Å². The predicted octanol–water partition coefficient (Wildman–Crippen LogP) is 3.01. The molecule has 1 fully saturated rings. The molecule has 2 atom stereocenters. The summed E-state index contributed by atoms with van der Waals surface area (Å²) in [5.41, 5.74) is 5.91. The molecule has 0 aliphatic carbocycles. The maximum atomic E-state index is 12.3. The van der Waals surface area contributed by atoms with E-state index in [1.54, 1.807) is 11.0 Å². The Kier molecular flexibility index (Phi) is 8.49. The van der Waals surface area contributed by atoms with Crippen LogP contribution in [0.5, 0.6) is 11.5 Å². The summed E-state index contributed by atoms with van der Waals surface area (Å²) in [7, 11) is 0. The number of nitrogens with zero attached hydrogens (tertiary/aromatic N) is 1. The first-order valence-corrected chi connectivity index (χ1v) is 8.21. The van der Waals surface area contributed by atoms with Crippen LogP contribution in [0.3, 0.4) is 0 Å². The number of hydrogen-bond donors (Lipinski definition) is 1. The lowest BCUT2D eigenvalue weighted by Gasteiger charge is -2.34. The van der Waals surface area contributed by atoms with Crippen LogP contribution >= 0.6 is 12.4 Å². The van der Waals surface area contributed by atoms with Gasteiger partial charge in [0.15, 0.2) is 24.7 Å². The second kappa shape index (κ2) is 9.87. The number of hydrogen-bond acceptors (Lipinski definition) is 4. The van der Waals surface area contributed by atoms with Crippen LogP contribution in [-0.4, -0.2) is 49.3 Å². The van der Waals surface area contributed by atoms with Gasteiger partial charge in [-0.3, -0.25) is 4.79 Å². The molecule has 1 saturated heterocycles. The van der Waals surface area contributed by atoms with Gasteiger partial charge in [0.2, 0.25) is 0 Å². The summed E-state index contributed by atoms with van der Waals surface area (Å²) in [6, 6.07) is 6.00. The summed E-state index contributed by atoms with van der Waals surface area (Å²) in [6.45, 7) is 1.47. The summed E-state index contributed by atoms with van der Waals surface area (Å²) in [6.07, 6.45) is -2.58. The average molecular weight is 397 g/mol. The third-order valence-electron chi connectivity index (χ3n) is 4.15. The lowest BCUT2D eigenvalue weighted by Crippen LogP contribution is -2.46. The normalized spacial score (nSPS) is 18.7. The monoisotopic (exact) mass is 396 g/mol. The van der Waals surface area contributed by atoms with E-state index in [1.165, 1.54) is 18.2 Å². The van der Waals surface area contributed by atoms with Gasteiger partial charge < -0.3 is 20.1 Å². The number of nitrogens with two attached hydrogens (primary N) is 1. The summed E-state index contributed by atoms with van der Waals surface area (Å²) < 4.78 is 47.0. The van der Waals surface area contributed by atoms with E-state index < -0.39 is 12.8 Å². The first-order chi connectivity index (χ1) is 11.8. The minimum Gasteiger partial charge on any atom is -0.480 e. The van der Waals surface area contributed by atoms with Gasteiger partial charge >= 0.3 is 6.18 Å². The van der Waals surface area contributed by atoms with Crippen molar-refractivity contribution in [2.45, 2.75) is 32.0 Å². The molecule has 0 bridgehead atoms. The molecule has 0 spiro atoms. The number of para-hydroxylation sites is 2. The van der Waals surface area contributed by atoms with Crippen molar-refractivity contribution in [1.29, 1.82) is 0 Å². The number of likely N-dealkylation sites (tertiary alicyclic amines) is 1. The number of amides is 1. The highest BCUT2D eigenvalue weighted by Crippen LogP contribution is 2.28. The number of rotatable bonds is 6. The zero-order valence-electron chi connectivity index (χ0n) is 14.5. The smallest absolute Gasteiger partial charge is 0.422 e. The fourth-order valence-corrected chi connectivity index (χ4v) is 2.74. The number of piperidine rings is 1. The van der Waals surface area contributed by atoms with Crippen molar-refractivity contribution in [3.05, 3.63) is 24.3 Å². The van der Waals surface area contributed by atoms with E-state index in [2.05, 4.69) is 0 Å². The van der Waals surface area contributed by atoms with Crippen molar-refractivity contribution in [1.82, 2.24) is 4.90 Å². The summed E-state index contributed by atoms with van der Waals surface area (Å²) >= 11 is 0. The first-order valence-electron chi connectivity index (χ1n) is 8.21. The molecule has 2 N–H and O–H groups in total. The minimum atomic E-state index is -4.44. The maximum Gasteiger partial charge on any atom is 0.422 e. The van der Waals surface area contributed by atoms with E-state index in [0.717, 1.165) is 12.8 Å². The van der Waals surface area contributed by atoms with Gasteiger partial charge in [0, 0.05) is 19.1 Å². The summed E-state index contributed by atoms with van der Waals surface area (Å²) in [5.74, 6) is 0.108. The molecule has 2 unspecified atom stereocenters. The Bertz CT molecular complexity index is 585. The molecule has 148 valence electrons. The van der Waals surface area contributed by atoms with Gasteiger partial charge in [-0.15, -0.1) is 12.4 Å². The van der Waals surface area contributed by atoms with Crippen molar-refractivity contribution >= 4 is 18.3 Å². The number of alkyl halides is 3. The van der Waals surface area contributed by atoms with Gasteiger partial charge in [-0.1, -0.05) is 12.1 Å². The lowest BCUT2D eigenvalue weighted by molar-refractivity contribution is -0.153. The Hall–Kier alpha value is -1.67. The molecule has 1 aliphatic rings. The highest BCUT2D eigenvalue weighted by atomic mass is 35.5. The largest absolute Gasteiger partial charge is 0.480 e. The second-order valence-corrected chi connectivity index (χ2v) is 6.24. The van der Waals surface area contributed by atoms with E-state index in [4.69, 9.17) is 15.2 Å². The number of halogens is 4. The van der Waals surface area contributed by atoms with Crippen molar-refractivity contribution < 1.29 is 27.4 Å². The molecule has 0 saturated carbocycles. The molecule has 2 rings (SSSR count). The fourth-order valence-electron chi connectivity index (χ4n) is 2.74. The molecular formula is C17H24ClF3N2O3. The number of carbonyl (C=O) groups excluding carboxylic acids is 1. The van der Waals surface area contributed by atoms with Crippen LogP contribution < -0.4 is 15.2 Å². The van der Waals surface area contributed by atoms with Gasteiger partial charge in [0.05, 0.1) is 0 Å². The highest BCUT2D eigenvalue weighted by Gasteiger charge is 2.29. The molecule has 0 radical (unpaired) electrons. The second-order valence-electron chi connectivity index (χ2n) is 6.24. The zero-order chi connectivity index (χ0) is 18.4. The van der Waals surface area contributed by atoms with E-state index >= 15 is 0 Å². The molecule has 9 heteroatoms. The van der Waals surface area contributed by atoms with Gasteiger partial charge in [-0.2, -0.15) is 13.2 Å². The zero-order valence-corrected chi connectivity index (χ0v) is 15.3. The third-order valence-corrected chi connectivity index (χ3v) is 4.15. The Morgan fingerprint density at radius 1 is 1.31 bits per heavy atom. The van der Waals surface area contributed by atoms with Crippen molar-refractivity contribution in [3.63, 3.8) is 0 Å². The Balaban J connectivity index is 0.00000338. The molecule has 1 aliphatic heterocycles. The van der Waals surface area contributed by atoms with Gasteiger partial charge in [0.1, 0.15) is 0 Å². The molecule has 1 heterocycles.